The molecule has 0 radical (unpaired) electrons. The Morgan fingerprint density at radius 1 is 1.24 bits per heavy atom. The summed E-state index contributed by atoms with van der Waals surface area (Å²) >= 11 is 3.05. The van der Waals surface area contributed by atoms with E-state index in [9.17, 15) is 9.18 Å². The molecule has 1 aliphatic heterocycles. The third-order valence-electron chi connectivity index (χ3n) is 6.00. The number of rotatable bonds is 5. The second-order valence-corrected chi connectivity index (χ2v) is 10.8. The fourth-order valence-electron chi connectivity index (χ4n) is 4.16. The van der Waals surface area contributed by atoms with E-state index in [0.29, 0.717) is 23.4 Å². The van der Waals surface area contributed by atoms with Gasteiger partial charge in [-0.25, -0.2) is 9.37 Å². The van der Waals surface area contributed by atoms with E-state index in [1.165, 1.54) is 23.9 Å². The molecule has 0 fully saturated rings. The third kappa shape index (κ3) is 4.37. The number of hydrogen-bond donors (Lipinski definition) is 0. The standard InChI is InChI=1S/C26H25FN2O2S2/c1-15(2)21-12-20-22(13-31-21)33-24-23(20)25(30)29(19-6-4-5-16(3)11-19)26(28-24)32-14-17-7-9-18(27)10-8-17/h4-11,15,21H,12-14H2,1-3H3/t21-/m0/s1. The minimum absolute atomic E-state index is 0.0332. The Morgan fingerprint density at radius 3 is 2.76 bits per heavy atom. The number of aryl methyl sites for hydroxylation is 1. The monoisotopic (exact) mass is 480 g/mol. The van der Waals surface area contributed by atoms with E-state index in [-0.39, 0.29) is 17.5 Å². The van der Waals surface area contributed by atoms with Crippen LogP contribution in [0.2, 0.25) is 0 Å². The lowest BCUT2D eigenvalue weighted by Crippen LogP contribution is -2.28. The minimum Gasteiger partial charge on any atom is -0.372 e. The Bertz CT molecular complexity index is 1380. The van der Waals surface area contributed by atoms with Crippen molar-refractivity contribution in [3.8, 4) is 5.69 Å². The van der Waals surface area contributed by atoms with Crippen LogP contribution in [0, 0.1) is 18.7 Å². The molecule has 0 saturated carbocycles. The summed E-state index contributed by atoms with van der Waals surface area (Å²) in [6.45, 7) is 6.85. The van der Waals surface area contributed by atoms with Crippen LogP contribution in [-0.2, 0) is 23.5 Å². The second-order valence-electron chi connectivity index (χ2n) is 8.77. The van der Waals surface area contributed by atoms with Crippen molar-refractivity contribution in [2.75, 3.05) is 0 Å². The van der Waals surface area contributed by atoms with Gasteiger partial charge in [0.1, 0.15) is 10.6 Å². The maximum atomic E-state index is 14.0. The van der Waals surface area contributed by atoms with Crippen LogP contribution in [0.4, 0.5) is 4.39 Å². The zero-order valence-electron chi connectivity index (χ0n) is 18.8. The van der Waals surface area contributed by atoms with Crippen molar-refractivity contribution in [2.45, 2.75) is 50.8 Å². The van der Waals surface area contributed by atoms with Gasteiger partial charge in [-0.3, -0.25) is 9.36 Å². The fourth-order valence-corrected chi connectivity index (χ4v) is 6.29. The Hall–Kier alpha value is -2.48. The molecule has 0 spiro atoms. The average molecular weight is 481 g/mol. The van der Waals surface area contributed by atoms with E-state index in [1.54, 1.807) is 28.0 Å². The minimum atomic E-state index is -0.258. The van der Waals surface area contributed by atoms with E-state index in [4.69, 9.17) is 9.72 Å². The number of nitrogens with zero attached hydrogens (tertiary/aromatic N) is 2. The number of fused-ring (bicyclic) bond motifs is 3. The molecule has 33 heavy (non-hydrogen) atoms. The molecule has 170 valence electrons. The van der Waals surface area contributed by atoms with Gasteiger partial charge in [0.2, 0.25) is 0 Å². The van der Waals surface area contributed by atoms with Gasteiger partial charge in [-0.15, -0.1) is 11.3 Å². The van der Waals surface area contributed by atoms with Crippen molar-refractivity contribution in [1.29, 1.82) is 0 Å². The normalized spacial score (nSPS) is 15.8. The van der Waals surface area contributed by atoms with Crippen molar-refractivity contribution in [3.63, 3.8) is 0 Å². The number of aromatic nitrogens is 2. The number of thioether (sulfide) groups is 1. The summed E-state index contributed by atoms with van der Waals surface area (Å²) in [6.07, 6.45) is 0.842. The molecule has 0 N–H and O–H groups in total. The van der Waals surface area contributed by atoms with Crippen molar-refractivity contribution in [2.24, 2.45) is 5.92 Å². The van der Waals surface area contributed by atoms with Gasteiger partial charge in [0.25, 0.3) is 5.56 Å². The maximum Gasteiger partial charge on any atom is 0.267 e. The molecule has 2 aromatic heterocycles. The predicted octanol–water partition coefficient (Wildman–Crippen LogP) is 6.28. The van der Waals surface area contributed by atoms with Gasteiger partial charge in [-0.2, -0.15) is 0 Å². The molecule has 0 unspecified atom stereocenters. The first-order valence-electron chi connectivity index (χ1n) is 11.0. The maximum absolute atomic E-state index is 14.0. The molecule has 4 nitrogen and oxygen atoms in total. The number of benzene rings is 2. The first-order valence-corrected chi connectivity index (χ1v) is 12.8. The molecular weight excluding hydrogens is 455 g/mol. The summed E-state index contributed by atoms with van der Waals surface area (Å²) in [5.74, 6) is 0.713. The predicted molar refractivity (Wildman–Crippen MR) is 133 cm³/mol. The number of ether oxygens (including phenoxy) is 1. The second kappa shape index (κ2) is 9.05. The smallest absolute Gasteiger partial charge is 0.267 e. The van der Waals surface area contributed by atoms with Crippen LogP contribution in [0.1, 0.15) is 35.4 Å². The molecule has 0 saturated heterocycles. The highest BCUT2D eigenvalue weighted by atomic mass is 32.2. The highest BCUT2D eigenvalue weighted by molar-refractivity contribution is 7.98. The summed E-state index contributed by atoms with van der Waals surface area (Å²) < 4.78 is 21.1. The van der Waals surface area contributed by atoms with Crippen LogP contribution in [0.15, 0.2) is 58.5 Å². The zero-order chi connectivity index (χ0) is 23.1. The molecule has 0 aliphatic carbocycles. The number of hydrogen-bond acceptors (Lipinski definition) is 5. The molecule has 0 amide bonds. The fraction of sp³-hybridized carbons (Fsp3) is 0.308. The lowest BCUT2D eigenvalue weighted by atomic mass is 9.96. The molecular formula is C26H25FN2O2S2. The lowest BCUT2D eigenvalue weighted by molar-refractivity contribution is 0.00200. The van der Waals surface area contributed by atoms with E-state index in [1.807, 2.05) is 31.2 Å². The Labute approximate surface area is 200 Å². The quantitative estimate of drug-likeness (QED) is 0.249. The van der Waals surface area contributed by atoms with Gasteiger partial charge >= 0.3 is 0 Å². The van der Waals surface area contributed by atoms with Crippen LogP contribution in [0.3, 0.4) is 0 Å². The van der Waals surface area contributed by atoms with Crippen LogP contribution < -0.4 is 5.56 Å². The van der Waals surface area contributed by atoms with Gasteiger partial charge in [0.15, 0.2) is 5.16 Å². The lowest BCUT2D eigenvalue weighted by Gasteiger charge is -2.26. The molecule has 7 heteroatoms. The summed E-state index contributed by atoms with van der Waals surface area (Å²) in [4.78, 5) is 20.8. The Morgan fingerprint density at radius 2 is 2.03 bits per heavy atom. The zero-order valence-corrected chi connectivity index (χ0v) is 20.4. The van der Waals surface area contributed by atoms with E-state index in [2.05, 4.69) is 13.8 Å². The molecule has 4 aromatic rings. The van der Waals surface area contributed by atoms with Crippen molar-refractivity contribution in [3.05, 3.63) is 86.3 Å². The van der Waals surface area contributed by atoms with Crippen LogP contribution in [0.5, 0.6) is 0 Å². The van der Waals surface area contributed by atoms with E-state index >= 15 is 0 Å². The summed E-state index contributed by atoms with van der Waals surface area (Å²) in [6, 6.07) is 14.4. The van der Waals surface area contributed by atoms with Gasteiger partial charge in [-0.1, -0.05) is 49.9 Å². The first-order chi connectivity index (χ1) is 15.9. The highest BCUT2D eigenvalue weighted by Gasteiger charge is 2.28. The summed E-state index contributed by atoms with van der Waals surface area (Å²) in [5.41, 5.74) is 3.92. The van der Waals surface area contributed by atoms with Crippen molar-refractivity contribution in [1.82, 2.24) is 9.55 Å². The van der Waals surface area contributed by atoms with E-state index < -0.39 is 0 Å². The molecule has 0 bridgehead atoms. The first kappa shape index (κ1) is 22.3. The summed E-state index contributed by atoms with van der Waals surface area (Å²) in [7, 11) is 0. The largest absolute Gasteiger partial charge is 0.372 e. The average Bonchev–Trinajstić information content (AvgIpc) is 3.16. The van der Waals surface area contributed by atoms with Gasteiger partial charge in [0.05, 0.1) is 23.8 Å². The van der Waals surface area contributed by atoms with E-state index in [0.717, 1.165) is 43.9 Å². The molecule has 5 rings (SSSR count). The molecule has 1 aliphatic rings. The topological polar surface area (TPSA) is 44.1 Å². The highest BCUT2D eigenvalue weighted by Crippen LogP contribution is 2.36. The number of halogens is 1. The van der Waals surface area contributed by atoms with Gasteiger partial charge in [-0.05, 0) is 53.8 Å². The van der Waals surface area contributed by atoms with Crippen LogP contribution in [-0.4, -0.2) is 15.7 Å². The molecule has 2 aromatic carbocycles. The van der Waals surface area contributed by atoms with Gasteiger partial charge < -0.3 is 4.74 Å². The molecule has 1 atom stereocenters. The van der Waals surface area contributed by atoms with Gasteiger partial charge in [0, 0.05) is 17.1 Å². The van der Waals surface area contributed by atoms with Crippen molar-refractivity contribution >= 4 is 33.3 Å². The Kier molecular flexibility index (Phi) is 6.12. The SMILES string of the molecule is Cc1cccc(-n2c(SCc3ccc(F)cc3)nc3sc4c(c3c2=O)C[C@@H](C(C)C)OC4)c1. The number of thiophene rings is 1. The van der Waals surface area contributed by atoms with Crippen LogP contribution in [0.25, 0.3) is 15.9 Å². The third-order valence-corrected chi connectivity index (χ3v) is 8.11. The molecule has 3 heterocycles. The Balaban J connectivity index is 1.65. The summed E-state index contributed by atoms with van der Waals surface area (Å²) in [5, 5.41) is 1.36. The van der Waals surface area contributed by atoms with Crippen molar-refractivity contribution < 1.29 is 9.13 Å². The van der Waals surface area contributed by atoms with Crippen LogP contribution >= 0.6 is 23.1 Å².